The summed E-state index contributed by atoms with van der Waals surface area (Å²) in [5.41, 5.74) is 1.82. The third kappa shape index (κ3) is 40.7. The van der Waals surface area contributed by atoms with Crippen molar-refractivity contribution in [3.63, 3.8) is 0 Å². The number of ketones is 1. The average molecular weight is 385 g/mol. The van der Waals surface area contributed by atoms with Crippen LogP contribution in [0.1, 0.15) is 106 Å². The molecule has 1 rings (SSSR count). The third-order valence-electron chi connectivity index (χ3n) is 2.88. The Morgan fingerprint density at radius 2 is 1.26 bits per heavy atom. The summed E-state index contributed by atoms with van der Waals surface area (Å²) in [5.74, 6) is 1.84. The first-order valence-electron chi connectivity index (χ1n) is 10.7. The lowest BCUT2D eigenvalue weighted by Crippen LogP contribution is -1.91. The van der Waals surface area contributed by atoms with Crippen LogP contribution in [0, 0.1) is 31.5 Å². The number of benzene rings is 1. The summed E-state index contributed by atoms with van der Waals surface area (Å²) < 4.78 is 12.5. The van der Waals surface area contributed by atoms with Crippen LogP contribution >= 0.6 is 0 Å². The van der Waals surface area contributed by atoms with Crippen molar-refractivity contribution in [3.8, 4) is 0 Å². The van der Waals surface area contributed by atoms with E-state index in [1.807, 2.05) is 26.8 Å². The lowest BCUT2D eigenvalue weighted by molar-refractivity contribution is -0.114. The summed E-state index contributed by atoms with van der Waals surface area (Å²) in [6.45, 7) is 24.1. The molecule has 1 aromatic rings. The molecule has 0 bridgehead atoms. The van der Waals surface area contributed by atoms with Gasteiger partial charge in [0, 0.05) is 0 Å². The highest BCUT2D eigenvalue weighted by molar-refractivity contribution is 5.72. The van der Waals surface area contributed by atoms with Gasteiger partial charge in [-0.05, 0) is 51.2 Å². The number of carbonyl (C=O) groups is 1. The van der Waals surface area contributed by atoms with Gasteiger partial charge in [0.15, 0.2) is 0 Å². The zero-order chi connectivity index (χ0) is 22.4. The largest absolute Gasteiger partial charge is 0.300 e. The van der Waals surface area contributed by atoms with Crippen LogP contribution in [-0.4, -0.2) is 5.78 Å². The fourth-order valence-corrected chi connectivity index (χ4v) is 1.92. The predicted octanol–water partition coefficient (Wildman–Crippen LogP) is 8.95. The molecule has 0 amide bonds. The van der Waals surface area contributed by atoms with Gasteiger partial charge < -0.3 is 4.79 Å². The second-order valence-corrected chi connectivity index (χ2v) is 7.58. The van der Waals surface area contributed by atoms with Gasteiger partial charge in [-0.3, -0.25) is 0 Å². The van der Waals surface area contributed by atoms with Crippen LogP contribution in [0.4, 0.5) is 4.39 Å². The molecule has 0 aliphatic carbocycles. The number of hydrogen-bond acceptors (Lipinski definition) is 1. The number of aryl methyl sites for hydroxylation is 2. The molecular weight excluding hydrogens is 335 g/mol. The second-order valence-electron chi connectivity index (χ2n) is 7.58. The SMILES string of the molecule is CC.CC(C)=O.CC(C)C.CCCC(C)CCC.Cc1ccc(F)c(C)c1. The molecule has 0 spiro atoms. The molecule has 0 aliphatic rings. The van der Waals surface area contributed by atoms with Gasteiger partial charge in [-0.15, -0.1) is 0 Å². The zero-order valence-electron chi connectivity index (χ0n) is 20.5. The van der Waals surface area contributed by atoms with Crippen LogP contribution in [0.25, 0.3) is 0 Å². The highest BCUT2D eigenvalue weighted by Gasteiger charge is 1.95. The fraction of sp³-hybridized carbons (Fsp3) is 0.720. The van der Waals surface area contributed by atoms with Crippen LogP contribution in [0.3, 0.4) is 0 Å². The first-order valence-corrected chi connectivity index (χ1v) is 10.7. The first kappa shape index (κ1) is 33.4. The van der Waals surface area contributed by atoms with Gasteiger partial charge in [-0.25, -0.2) is 4.39 Å². The standard InChI is InChI=1S/C8H9F.C8H18.C4H10.C3H6O.C2H6/c1-6-3-4-8(9)7(2)5-6;1-4-6-8(3)7-5-2;1-4(2)3;1-3(2)4;1-2/h3-5H,1-2H3;8H,4-7H2,1-3H3;4H,1-3H3;1-2H3;1-2H3. The van der Waals surface area contributed by atoms with Gasteiger partial charge in [0.05, 0.1) is 0 Å². The minimum absolute atomic E-state index is 0.124. The Kier molecular flexibility index (Phi) is 30.7. The van der Waals surface area contributed by atoms with E-state index in [0.717, 1.165) is 23.0 Å². The van der Waals surface area contributed by atoms with Gasteiger partial charge in [-0.2, -0.15) is 0 Å². The van der Waals surface area contributed by atoms with E-state index in [1.165, 1.54) is 45.6 Å². The summed E-state index contributed by atoms with van der Waals surface area (Å²) in [5, 5.41) is 0. The third-order valence-corrected chi connectivity index (χ3v) is 2.88. The summed E-state index contributed by atoms with van der Waals surface area (Å²) >= 11 is 0. The molecule has 0 N–H and O–H groups in total. The van der Waals surface area contributed by atoms with Crippen molar-refractivity contribution in [1.29, 1.82) is 0 Å². The zero-order valence-corrected chi connectivity index (χ0v) is 20.5. The van der Waals surface area contributed by atoms with Crippen LogP contribution < -0.4 is 0 Å². The Labute approximate surface area is 171 Å². The van der Waals surface area contributed by atoms with Gasteiger partial charge in [-0.1, -0.05) is 98.8 Å². The number of Topliss-reactive ketones (excluding diaryl/α,β-unsaturated/α-hetero) is 1. The van der Waals surface area contributed by atoms with Crippen molar-refractivity contribution in [2.24, 2.45) is 11.8 Å². The van der Waals surface area contributed by atoms with E-state index in [-0.39, 0.29) is 11.6 Å². The van der Waals surface area contributed by atoms with Crippen LogP contribution in [0.2, 0.25) is 0 Å². The first-order chi connectivity index (χ1) is 12.5. The predicted molar refractivity (Wildman–Crippen MR) is 123 cm³/mol. The smallest absolute Gasteiger partial charge is 0.126 e. The Balaban J connectivity index is -0.000000134. The van der Waals surface area contributed by atoms with E-state index in [0.29, 0.717) is 0 Å². The average Bonchev–Trinajstić information content (AvgIpc) is 2.53. The molecule has 0 atom stereocenters. The molecule has 0 saturated carbocycles. The molecule has 2 heteroatoms. The van der Waals surface area contributed by atoms with E-state index in [2.05, 4.69) is 41.5 Å². The molecule has 1 nitrogen and oxygen atoms in total. The molecule has 0 saturated heterocycles. The maximum Gasteiger partial charge on any atom is 0.126 e. The van der Waals surface area contributed by atoms with E-state index in [1.54, 1.807) is 13.0 Å². The highest BCUT2D eigenvalue weighted by Crippen LogP contribution is 2.10. The van der Waals surface area contributed by atoms with Gasteiger partial charge in [0.25, 0.3) is 0 Å². The van der Waals surface area contributed by atoms with Crippen molar-refractivity contribution in [3.05, 3.63) is 35.1 Å². The monoisotopic (exact) mass is 384 g/mol. The summed E-state index contributed by atoms with van der Waals surface area (Å²) in [4.78, 5) is 9.44. The molecule has 0 heterocycles. The molecular formula is C25H49FO. The maximum absolute atomic E-state index is 12.5. The van der Waals surface area contributed by atoms with Crippen LogP contribution in [-0.2, 0) is 4.79 Å². The number of carbonyl (C=O) groups excluding carboxylic acids is 1. The fourth-order valence-electron chi connectivity index (χ4n) is 1.92. The molecule has 1 aromatic carbocycles. The lowest BCUT2D eigenvalue weighted by Gasteiger charge is -2.05. The lowest BCUT2D eigenvalue weighted by atomic mass is 10.0. The van der Waals surface area contributed by atoms with Crippen molar-refractivity contribution in [1.82, 2.24) is 0 Å². The van der Waals surface area contributed by atoms with Crippen molar-refractivity contribution >= 4 is 5.78 Å². The second kappa shape index (κ2) is 24.8. The van der Waals surface area contributed by atoms with Crippen molar-refractivity contribution in [2.45, 2.75) is 109 Å². The minimum atomic E-state index is -0.124. The Morgan fingerprint density at radius 1 is 0.926 bits per heavy atom. The number of rotatable bonds is 4. The Morgan fingerprint density at radius 3 is 1.48 bits per heavy atom. The summed E-state index contributed by atoms with van der Waals surface area (Å²) in [7, 11) is 0. The Hall–Kier alpha value is -1.18. The highest BCUT2D eigenvalue weighted by atomic mass is 19.1. The van der Waals surface area contributed by atoms with E-state index in [4.69, 9.17) is 0 Å². The van der Waals surface area contributed by atoms with E-state index < -0.39 is 0 Å². The number of hydrogen-bond donors (Lipinski definition) is 0. The van der Waals surface area contributed by atoms with Gasteiger partial charge in [0.1, 0.15) is 11.6 Å². The van der Waals surface area contributed by atoms with Crippen molar-refractivity contribution < 1.29 is 9.18 Å². The molecule has 0 radical (unpaired) electrons. The summed E-state index contributed by atoms with van der Waals surface area (Å²) in [6, 6.07) is 5.09. The molecule has 0 aromatic heterocycles. The van der Waals surface area contributed by atoms with Crippen molar-refractivity contribution in [2.75, 3.05) is 0 Å². The maximum atomic E-state index is 12.5. The summed E-state index contributed by atoms with van der Waals surface area (Å²) in [6.07, 6.45) is 5.52. The topological polar surface area (TPSA) is 17.1 Å². The quantitative estimate of drug-likeness (QED) is 0.506. The van der Waals surface area contributed by atoms with Crippen LogP contribution in [0.15, 0.2) is 18.2 Å². The van der Waals surface area contributed by atoms with E-state index >= 15 is 0 Å². The molecule has 27 heavy (non-hydrogen) atoms. The molecule has 0 fully saturated rings. The minimum Gasteiger partial charge on any atom is -0.300 e. The molecule has 0 aliphatic heterocycles. The van der Waals surface area contributed by atoms with Gasteiger partial charge in [0.2, 0.25) is 0 Å². The van der Waals surface area contributed by atoms with Gasteiger partial charge >= 0.3 is 0 Å². The molecule has 0 unspecified atom stereocenters. The number of halogens is 1. The van der Waals surface area contributed by atoms with Crippen LogP contribution in [0.5, 0.6) is 0 Å². The normalized spacial score (nSPS) is 8.85. The Bertz CT molecular complexity index is 412. The molecule has 162 valence electrons. The van der Waals surface area contributed by atoms with E-state index in [9.17, 15) is 9.18 Å².